The van der Waals surface area contributed by atoms with Crippen molar-refractivity contribution in [3.63, 3.8) is 0 Å². The highest BCUT2D eigenvalue weighted by Crippen LogP contribution is 2.43. The molecule has 6 nitrogen and oxygen atoms in total. The van der Waals surface area contributed by atoms with Gasteiger partial charge in [-0.3, -0.25) is 0 Å². The molecule has 0 fully saturated rings. The van der Waals surface area contributed by atoms with Crippen molar-refractivity contribution in [2.75, 3.05) is 4.90 Å². The number of nitrogens with zero attached hydrogens (tertiary/aromatic N) is 4. The molecule has 15 rings (SSSR count). The second kappa shape index (κ2) is 17.7. The van der Waals surface area contributed by atoms with E-state index in [2.05, 4.69) is 291 Å². The van der Waals surface area contributed by atoms with Gasteiger partial charge in [0.1, 0.15) is 0 Å². The zero-order valence-electron chi connectivity index (χ0n) is 40.3. The Labute approximate surface area is 422 Å². The molecule has 0 radical (unpaired) electrons. The van der Waals surface area contributed by atoms with Gasteiger partial charge in [0, 0.05) is 88.2 Å². The molecule has 0 saturated heterocycles. The third-order valence-electron chi connectivity index (χ3n) is 14.5. The number of nitrogens with one attached hydrogen (secondary N) is 1. The Morgan fingerprint density at radius 1 is 0.274 bits per heavy atom. The molecule has 0 unspecified atom stereocenters. The molecule has 0 aliphatic rings. The van der Waals surface area contributed by atoms with E-state index in [9.17, 15) is 0 Å². The van der Waals surface area contributed by atoms with Crippen LogP contribution in [0.25, 0.3) is 104 Å². The van der Waals surface area contributed by atoms with Gasteiger partial charge in [0.05, 0.1) is 33.1 Å². The van der Waals surface area contributed by atoms with Gasteiger partial charge in [0.25, 0.3) is 0 Å². The van der Waals surface area contributed by atoms with Crippen molar-refractivity contribution in [3.05, 3.63) is 266 Å². The molecule has 15 aromatic rings. The predicted molar refractivity (Wildman–Crippen MR) is 310 cm³/mol. The van der Waals surface area contributed by atoms with E-state index in [1.807, 2.05) is 0 Å². The Morgan fingerprint density at radius 3 is 1.11 bits per heavy atom. The predicted octanol–water partition coefficient (Wildman–Crippen LogP) is 18.2. The van der Waals surface area contributed by atoms with E-state index in [1.165, 1.54) is 92.8 Å². The van der Waals surface area contributed by atoms with Crippen molar-refractivity contribution in [3.8, 4) is 17.1 Å². The first kappa shape index (κ1) is 43.4. The fourth-order valence-corrected chi connectivity index (χ4v) is 11.2. The van der Waals surface area contributed by atoms with Crippen LogP contribution in [0.4, 0.5) is 17.1 Å². The summed E-state index contributed by atoms with van der Waals surface area (Å²) >= 11 is 0. The molecule has 4 heterocycles. The highest BCUT2D eigenvalue weighted by atomic mass is 15.1. The van der Waals surface area contributed by atoms with E-state index in [4.69, 9.17) is 0 Å². The van der Waals surface area contributed by atoms with Gasteiger partial charge in [-0.2, -0.15) is 0 Å². The summed E-state index contributed by atoms with van der Waals surface area (Å²) in [6.07, 6.45) is 0. The second-order valence-corrected chi connectivity index (χ2v) is 18.7. The molecule has 4 N–H and O–H groups in total. The van der Waals surface area contributed by atoms with Crippen LogP contribution in [-0.2, 0) is 0 Å². The molecule has 0 saturated carbocycles. The van der Waals surface area contributed by atoms with E-state index in [0.29, 0.717) is 0 Å². The van der Waals surface area contributed by atoms with E-state index >= 15 is 0 Å². The monoisotopic (exact) mass is 938 g/mol. The lowest BCUT2D eigenvalue weighted by Crippen LogP contribution is -2.10. The van der Waals surface area contributed by atoms with Gasteiger partial charge in [0.2, 0.25) is 0 Å². The number of anilines is 3. The van der Waals surface area contributed by atoms with Crippen LogP contribution in [0.1, 0.15) is 5.56 Å². The minimum Gasteiger partial charge on any atom is -0.355 e. The number of aromatic nitrogens is 4. The minimum atomic E-state index is 0. The average molecular weight is 939 g/mol. The van der Waals surface area contributed by atoms with Gasteiger partial charge in [-0.25, -0.2) is 0 Å². The van der Waals surface area contributed by atoms with Crippen LogP contribution in [0.5, 0.6) is 0 Å². The first-order valence-corrected chi connectivity index (χ1v) is 24.7. The standard InChI is InChI=1S/C55H38N4.C12H9N.H3N/c1-37-24-26-40(27-25-37)56(41-28-31-53-47(34-41)46-20-10-13-23-52(46)57(53)38-14-4-2-5-15-38)42-29-32-54-48(35-42)49-36-43(30-33-55(49)58(54)39-16-6-3-7-17-39)59-50-21-11-8-18-44(50)45-19-9-12-22-51(45)59;1-3-7-11-9(5-1)10-6-2-4-8-12(10)13-11;/h2-36H,1H3;1-8,13H;1H3. The summed E-state index contributed by atoms with van der Waals surface area (Å²) in [5.74, 6) is 0. The topological polar surface area (TPSA) is 68.8 Å². The largest absolute Gasteiger partial charge is 0.355 e. The summed E-state index contributed by atoms with van der Waals surface area (Å²) in [4.78, 5) is 5.79. The molecule has 0 atom stereocenters. The van der Waals surface area contributed by atoms with E-state index in [-0.39, 0.29) is 6.15 Å². The average Bonchev–Trinajstić information content (AvgIpc) is 4.18. The fourth-order valence-electron chi connectivity index (χ4n) is 11.2. The first-order chi connectivity index (χ1) is 35.6. The molecule has 4 aromatic heterocycles. The minimum absolute atomic E-state index is 0. The van der Waals surface area contributed by atoms with Crippen LogP contribution in [0, 0.1) is 6.92 Å². The van der Waals surface area contributed by atoms with Crippen molar-refractivity contribution in [1.82, 2.24) is 24.8 Å². The van der Waals surface area contributed by atoms with Gasteiger partial charge < -0.3 is 29.7 Å². The lowest BCUT2D eigenvalue weighted by molar-refractivity contribution is 1.16. The van der Waals surface area contributed by atoms with Crippen molar-refractivity contribution < 1.29 is 0 Å². The third kappa shape index (κ3) is 7.15. The van der Waals surface area contributed by atoms with E-state index in [1.54, 1.807) is 0 Å². The van der Waals surface area contributed by atoms with Crippen LogP contribution in [0.15, 0.2) is 261 Å². The third-order valence-corrected chi connectivity index (χ3v) is 14.5. The van der Waals surface area contributed by atoms with Crippen LogP contribution in [0.3, 0.4) is 0 Å². The molecule has 0 bridgehead atoms. The first-order valence-electron chi connectivity index (χ1n) is 24.7. The molecule has 73 heavy (non-hydrogen) atoms. The summed E-state index contributed by atoms with van der Waals surface area (Å²) in [5, 5.41) is 9.98. The molecular weight excluding hydrogens is 889 g/mol. The normalized spacial score (nSPS) is 11.5. The smallest absolute Gasteiger partial charge is 0.0542 e. The summed E-state index contributed by atoms with van der Waals surface area (Å²) in [5.41, 5.74) is 17.5. The van der Waals surface area contributed by atoms with E-state index in [0.717, 1.165) is 34.1 Å². The number of rotatable bonds is 6. The molecule has 348 valence electrons. The molecular formula is C67H50N6. The molecule has 0 spiro atoms. The zero-order valence-corrected chi connectivity index (χ0v) is 40.3. The van der Waals surface area contributed by atoms with Gasteiger partial charge in [-0.15, -0.1) is 0 Å². The lowest BCUT2D eigenvalue weighted by Gasteiger charge is -2.26. The van der Waals surface area contributed by atoms with Gasteiger partial charge >= 0.3 is 0 Å². The number of fused-ring (bicyclic) bond motifs is 12. The second-order valence-electron chi connectivity index (χ2n) is 18.7. The Morgan fingerprint density at radius 2 is 0.616 bits per heavy atom. The summed E-state index contributed by atoms with van der Waals surface area (Å²) in [6.45, 7) is 2.15. The molecule has 0 aliphatic carbocycles. The number of aromatic amines is 1. The maximum absolute atomic E-state index is 3.38. The molecule has 0 aliphatic heterocycles. The maximum atomic E-state index is 3.38. The molecule has 0 amide bonds. The van der Waals surface area contributed by atoms with Crippen LogP contribution in [-0.4, -0.2) is 18.7 Å². The van der Waals surface area contributed by atoms with Crippen LogP contribution >= 0.6 is 0 Å². The Bertz CT molecular complexity index is 4410. The Balaban J connectivity index is 0.000000319. The summed E-state index contributed by atoms with van der Waals surface area (Å²) in [7, 11) is 0. The summed E-state index contributed by atoms with van der Waals surface area (Å²) < 4.78 is 7.20. The number of hydrogen-bond acceptors (Lipinski definition) is 2. The van der Waals surface area contributed by atoms with Gasteiger partial charge in [-0.1, -0.05) is 145 Å². The van der Waals surface area contributed by atoms with Crippen molar-refractivity contribution in [2.45, 2.75) is 6.92 Å². The Kier molecular flexibility index (Phi) is 10.5. The lowest BCUT2D eigenvalue weighted by atomic mass is 10.1. The van der Waals surface area contributed by atoms with Gasteiger partial charge in [0.15, 0.2) is 0 Å². The number of H-pyrrole nitrogens is 1. The van der Waals surface area contributed by atoms with Crippen molar-refractivity contribution >= 4 is 104 Å². The summed E-state index contributed by atoms with van der Waals surface area (Å²) in [6, 6.07) is 94.2. The highest BCUT2D eigenvalue weighted by Gasteiger charge is 2.21. The maximum Gasteiger partial charge on any atom is 0.0542 e. The zero-order chi connectivity index (χ0) is 47.7. The quantitative estimate of drug-likeness (QED) is 0.174. The number of aryl methyl sites for hydroxylation is 1. The number of benzene rings is 11. The van der Waals surface area contributed by atoms with Crippen LogP contribution < -0.4 is 11.1 Å². The van der Waals surface area contributed by atoms with Crippen molar-refractivity contribution in [1.29, 1.82) is 0 Å². The van der Waals surface area contributed by atoms with E-state index < -0.39 is 0 Å². The molecule has 11 aromatic carbocycles. The SMILES string of the molecule is Cc1ccc(N(c2ccc3c(c2)c2ccccc2n3-c2ccccc2)c2ccc3c(c2)c2cc(-n4c5ccccc5c5ccccc54)ccc2n3-c2ccccc2)cc1.N.c1ccc2c(c1)[nH]c1ccccc12. The highest BCUT2D eigenvalue weighted by molar-refractivity contribution is 6.14. The molecule has 6 heteroatoms. The van der Waals surface area contributed by atoms with Crippen molar-refractivity contribution in [2.24, 2.45) is 0 Å². The Hall–Kier alpha value is -9.62. The number of hydrogen-bond donors (Lipinski definition) is 2. The fraction of sp³-hybridized carbons (Fsp3) is 0.0149. The van der Waals surface area contributed by atoms with Gasteiger partial charge in [-0.05, 0) is 128 Å². The number of para-hydroxylation sites is 7. The van der Waals surface area contributed by atoms with Crippen LogP contribution in [0.2, 0.25) is 0 Å².